The van der Waals surface area contributed by atoms with Gasteiger partial charge in [0.05, 0.1) is 0 Å². The van der Waals surface area contributed by atoms with Crippen LogP contribution in [0.2, 0.25) is 0 Å². The zero-order chi connectivity index (χ0) is 14.4. The Balaban J connectivity index is 2.65. The second-order valence-corrected chi connectivity index (χ2v) is 5.40. The fourth-order valence-corrected chi connectivity index (χ4v) is 2.22. The number of carbonyl (C=O) groups is 1. The first-order valence-corrected chi connectivity index (χ1v) is 7.07. The SMILES string of the molecule is CCC(C)CC(C)NC(=O)c1ccc(NC)c(C)c1. The number of anilines is 1. The van der Waals surface area contributed by atoms with Crippen LogP contribution >= 0.6 is 0 Å². The molecular weight excluding hydrogens is 236 g/mol. The first-order valence-electron chi connectivity index (χ1n) is 7.07. The Hall–Kier alpha value is -1.51. The van der Waals surface area contributed by atoms with Gasteiger partial charge in [-0.05, 0) is 49.9 Å². The first-order chi connectivity index (χ1) is 8.97. The van der Waals surface area contributed by atoms with E-state index in [-0.39, 0.29) is 11.9 Å². The number of aryl methyl sites for hydroxylation is 1. The van der Waals surface area contributed by atoms with Crippen LogP contribution in [0.25, 0.3) is 0 Å². The van der Waals surface area contributed by atoms with Crippen molar-refractivity contribution in [1.29, 1.82) is 0 Å². The van der Waals surface area contributed by atoms with Crippen LogP contribution in [0.1, 0.15) is 49.5 Å². The van der Waals surface area contributed by atoms with Crippen LogP contribution in [0.3, 0.4) is 0 Å². The predicted octanol–water partition coefficient (Wildman–Crippen LogP) is 3.59. The second-order valence-electron chi connectivity index (χ2n) is 5.40. The van der Waals surface area contributed by atoms with Crippen molar-refractivity contribution in [3.8, 4) is 0 Å². The fraction of sp³-hybridized carbons (Fsp3) is 0.562. The number of hydrogen-bond donors (Lipinski definition) is 2. The Morgan fingerprint density at radius 1 is 1.32 bits per heavy atom. The zero-order valence-electron chi connectivity index (χ0n) is 12.7. The highest BCUT2D eigenvalue weighted by molar-refractivity contribution is 5.95. The normalized spacial score (nSPS) is 13.7. The van der Waals surface area contributed by atoms with E-state index in [0.717, 1.165) is 29.7 Å². The monoisotopic (exact) mass is 262 g/mol. The summed E-state index contributed by atoms with van der Waals surface area (Å²) in [5.74, 6) is 0.658. The minimum Gasteiger partial charge on any atom is -0.388 e. The van der Waals surface area contributed by atoms with Crippen LogP contribution < -0.4 is 10.6 Å². The van der Waals surface area contributed by atoms with Gasteiger partial charge in [0.15, 0.2) is 0 Å². The summed E-state index contributed by atoms with van der Waals surface area (Å²) < 4.78 is 0. The topological polar surface area (TPSA) is 41.1 Å². The van der Waals surface area contributed by atoms with Gasteiger partial charge in [-0.2, -0.15) is 0 Å². The lowest BCUT2D eigenvalue weighted by molar-refractivity contribution is 0.0935. The molecule has 0 aliphatic rings. The summed E-state index contributed by atoms with van der Waals surface area (Å²) in [6.45, 7) is 8.47. The Morgan fingerprint density at radius 3 is 2.53 bits per heavy atom. The highest BCUT2D eigenvalue weighted by Gasteiger charge is 2.12. The van der Waals surface area contributed by atoms with Gasteiger partial charge in [0.1, 0.15) is 0 Å². The van der Waals surface area contributed by atoms with Crippen molar-refractivity contribution in [3.63, 3.8) is 0 Å². The molecular formula is C16H26N2O. The number of rotatable bonds is 6. The van der Waals surface area contributed by atoms with E-state index in [9.17, 15) is 4.79 Å². The van der Waals surface area contributed by atoms with Crippen molar-refractivity contribution in [2.24, 2.45) is 5.92 Å². The molecule has 0 saturated carbocycles. The molecule has 1 amide bonds. The molecule has 1 aromatic rings. The number of amides is 1. The minimum absolute atomic E-state index is 0.0153. The maximum atomic E-state index is 12.1. The molecule has 0 aliphatic carbocycles. The van der Waals surface area contributed by atoms with Gasteiger partial charge in [0.25, 0.3) is 5.91 Å². The molecule has 0 saturated heterocycles. The molecule has 0 spiro atoms. The maximum Gasteiger partial charge on any atom is 0.251 e. The van der Waals surface area contributed by atoms with Gasteiger partial charge >= 0.3 is 0 Å². The largest absolute Gasteiger partial charge is 0.388 e. The van der Waals surface area contributed by atoms with Crippen LogP contribution in [0.15, 0.2) is 18.2 Å². The summed E-state index contributed by atoms with van der Waals surface area (Å²) >= 11 is 0. The van der Waals surface area contributed by atoms with Crippen molar-refractivity contribution in [2.75, 3.05) is 12.4 Å². The van der Waals surface area contributed by atoms with Gasteiger partial charge in [0, 0.05) is 24.3 Å². The molecule has 0 aliphatic heterocycles. The summed E-state index contributed by atoms with van der Waals surface area (Å²) in [5, 5.41) is 6.17. The van der Waals surface area contributed by atoms with Crippen LogP contribution in [0.5, 0.6) is 0 Å². The quantitative estimate of drug-likeness (QED) is 0.822. The summed E-state index contributed by atoms with van der Waals surface area (Å²) in [5.41, 5.74) is 2.88. The Bertz CT molecular complexity index is 429. The van der Waals surface area contributed by atoms with E-state index in [0.29, 0.717) is 5.92 Å². The van der Waals surface area contributed by atoms with E-state index < -0.39 is 0 Å². The minimum atomic E-state index is 0.0153. The average molecular weight is 262 g/mol. The van der Waals surface area contributed by atoms with Gasteiger partial charge in [-0.1, -0.05) is 20.3 Å². The maximum absolute atomic E-state index is 12.1. The van der Waals surface area contributed by atoms with Crippen LogP contribution in [-0.4, -0.2) is 19.0 Å². The van der Waals surface area contributed by atoms with Crippen LogP contribution in [0, 0.1) is 12.8 Å². The molecule has 0 aromatic heterocycles. The molecule has 0 radical (unpaired) electrons. The van der Waals surface area contributed by atoms with E-state index in [1.807, 2.05) is 32.2 Å². The molecule has 2 unspecified atom stereocenters. The van der Waals surface area contributed by atoms with Crippen molar-refractivity contribution < 1.29 is 4.79 Å². The first kappa shape index (κ1) is 15.5. The molecule has 2 atom stereocenters. The van der Waals surface area contributed by atoms with E-state index in [2.05, 4.69) is 31.4 Å². The van der Waals surface area contributed by atoms with E-state index in [1.165, 1.54) is 0 Å². The van der Waals surface area contributed by atoms with E-state index in [4.69, 9.17) is 0 Å². The van der Waals surface area contributed by atoms with Crippen molar-refractivity contribution in [3.05, 3.63) is 29.3 Å². The van der Waals surface area contributed by atoms with Gasteiger partial charge in [0.2, 0.25) is 0 Å². The van der Waals surface area contributed by atoms with Crippen molar-refractivity contribution >= 4 is 11.6 Å². The Kier molecular flexibility index (Phi) is 5.87. The predicted molar refractivity (Wildman–Crippen MR) is 81.7 cm³/mol. The molecule has 0 fully saturated rings. The zero-order valence-corrected chi connectivity index (χ0v) is 12.7. The molecule has 0 bridgehead atoms. The van der Waals surface area contributed by atoms with Gasteiger partial charge in [-0.3, -0.25) is 4.79 Å². The molecule has 2 N–H and O–H groups in total. The Labute approximate surface area is 116 Å². The molecule has 3 heteroatoms. The lowest BCUT2D eigenvalue weighted by atomic mass is 10.00. The number of hydrogen-bond acceptors (Lipinski definition) is 2. The molecule has 3 nitrogen and oxygen atoms in total. The van der Waals surface area contributed by atoms with E-state index >= 15 is 0 Å². The third-order valence-corrected chi connectivity index (χ3v) is 3.59. The summed E-state index contributed by atoms with van der Waals surface area (Å²) in [6, 6.07) is 5.96. The second kappa shape index (κ2) is 7.17. The van der Waals surface area contributed by atoms with E-state index in [1.54, 1.807) is 0 Å². The van der Waals surface area contributed by atoms with Gasteiger partial charge < -0.3 is 10.6 Å². The van der Waals surface area contributed by atoms with Gasteiger partial charge in [-0.15, -0.1) is 0 Å². The molecule has 0 heterocycles. The molecule has 19 heavy (non-hydrogen) atoms. The van der Waals surface area contributed by atoms with Gasteiger partial charge in [-0.25, -0.2) is 0 Å². The summed E-state index contributed by atoms with van der Waals surface area (Å²) in [4.78, 5) is 12.1. The molecule has 1 aromatic carbocycles. The highest BCUT2D eigenvalue weighted by Crippen LogP contribution is 2.16. The average Bonchev–Trinajstić information content (AvgIpc) is 2.38. The van der Waals surface area contributed by atoms with Crippen molar-refractivity contribution in [1.82, 2.24) is 5.32 Å². The van der Waals surface area contributed by atoms with Crippen molar-refractivity contribution in [2.45, 2.75) is 46.6 Å². The van der Waals surface area contributed by atoms with Crippen LogP contribution in [-0.2, 0) is 0 Å². The third kappa shape index (κ3) is 4.58. The smallest absolute Gasteiger partial charge is 0.251 e. The summed E-state index contributed by atoms with van der Waals surface area (Å²) in [6.07, 6.45) is 2.17. The third-order valence-electron chi connectivity index (χ3n) is 3.59. The standard InChI is InChI=1S/C16H26N2O/c1-6-11(2)9-13(4)18-16(19)14-7-8-15(17-5)12(3)10-14/h7-8,10-11,13,17H,6,9H2,1-5H3,(H,18,19). The summed E-state index contributed by atoms with van der Waals surface area (Å²) in [7, 11) is 1.89. The number of nitrogens with one attached hydrogen (secondary N) is 2. The number of carbonyl (C=O) groups excluding carboxylic acids is 1. The fourth-order valence-electron chi connectivity index (χ4n) is 2.22. The molecule has 106 valence electrons. The molecule has 1 rings (SSSR count). The number of benzene rings is 1. The highest BCUT2D eigenvalue weighted by atomic mass is 16.1. The lowest BCUT2D eigenvalue weighted by Gasteiger charge is -2.18. The lowest BCUT2D eigenvalue weighted by Crippen LogP contribution is -2.33. The van der Waals surface area contributed by atoms with Crippen LogP contribution in [0.4, 0.5) is 5.69 Å². The Morgan fingerprint density at radius 2 is 2.00 bits per heavy atom.